The average molecular weight is 466 g/mol. The number of fused-ring (bicyclic) bond motifs is 1. The molecule has 4 amide bonds. The largest absolute Gasteiger partial charge is 0.339 e. The van der Waals surface area contributed by atoms with Crippen molar-refractivity contribution in [2.24, 2.45) is 11.8 Å². The number of rotatable bonds is 4. The second kappa shape index (κ2) is 9.17. The summed E-state index contributed by atoms with van der Waals surface area (Å²) in [4.78, 5) is 55.1. The Morgan fingerprint density at radius 2 is 1.48 bits per heavy atom. The summed E-state index contributed by atoms with van der Waals surface area (Å²) in [6.07, 6.45) is 3.62. The average Bonchev–Trinajstić information content (AvgIpc) is 3.03. The molecule has 1 aromatic carbocycles. The molecule has 2 heterocycles. The van der Waals surface area contributed by atoms with Crippen molar-refractivity contribution in [3.63, 3.8) is 0 Å². The number of benzene rings is 1. The number of piperazine rings is 1. The van der Waals surface area contributed by atoms with Crippen LogP contribution in [0, 0.1) is 11.8 Å². The zero-order valence-corrected chi connectivity index (χ0v) is 18.7. The van der Waals surface area contributed by atoms with E-state index in [4.69, 9.17) is 23.2 Å². The molecule has 2 atom stereocenters. The van der Waals surface area contributed by atoms with E-state index in [2.05, 4.69) is 0 Å². The monoisotopic (exact) mass is 465 g/mol. The molecule has 2 aliphatic heterocycles. The van der Waals surface area contributed by atoms with Gasteiger partial charge in [0.1, 0.15) is 0 Å². The van der Waals surface area contributed by atoms with E-state index in [1.54, 1.807) is 28.0 Å². The first kappa shape index (κ1) is 22.1. The van der Waals surface area contributed by atoms with E-state index >= 15 is 0 Å². The van der Waals surface area contributed by atoms with Gasteiger partial charge < -0.3 is 9.80 Å². The van der Waals surface area contributed by atoms with E-state index in [-0.39, 0.29) is 53.5 Å². The highest BCUT2D eigenvalue weighted by Crippen LogP contribution is 2.38. The van der Waals surface area contributed by atoms with Crippen LogP contribution in [0.4, 0.5) is 0 Å². The van der Waals surface area contributed by atoms with Crippen LogP contribution in [0.1, 0.15) is 42.5 Å². The Labute approximate surface area is 191 Å². The summed E-state index contributed by atoms with van der Waals surface area (Å²) in [6, 6.07) is 4.94. The van der Waals surface area contributed by atoms with Gasteiger partial charge in [0.2, 0.25) is 17.7 Å². The van der Waals surface area contributed by atoms with Gasteiger partial charge in [0, 0.05) is 39.1 Å². The number of carbonyl (C=O) groups excluding carboxylic acids is 4. The number of hydrogen-bond donors (Lipinski definition) is 0. The standard InChI is InChI=1S/C22H25Cl2N3O4/c23-17-7-3-6-16(19(17)24)20(29)26-12-10-25(11-13-26)18(28)8-9-27-21(30)14-4-1-2-5-15(14)22(27)31/h3,6-7,14-15H,1-2,4-5,8-13H2. The summed E-state index contributed by atoms with van der Waals surface area (Å²) >= 11 is 12.2. The summed E-state index contributed by atoms with van der Waals surface area (Å²) < 4.78 is 0. The SMILES string of the molecule is O=C(CCN1C(=O)C2CCCCC2C1=O)N1CCN(C(=O)c2cccc(Cl)c2Cl)CC1. The third-order valence-electron chi connectivity index (χ3n) is 6.58. The van der Waals surface area contributed by atoms with Gasteiger partial charge in [-0.05, 0) is 25.0 Å². The van der Waals surface area contributed by atoms with Crippen LogP contribution in [-0.4, -0.2) is 71.1 Å². The molecule has 1 aliphatic carbocycles. The van der Waals surface area contributed by atoms with Crippen LogP contribution < -0.4 is 0 Å². The van der Waals surface area contributed by atoms with Crippen LogP contribution in [0.2, 0.25) is 10.0 Å². The van der Waals surface area contributed by atoms with E-state index in [0.717, 1.165) is 25.7 Å². The van der Waals surface area contributed by atoms with Crippen molar-refractivity contribution in [2.75, 3.05) is 32.7 Å². The summed E-state index contributed by atoms with van der Waals surface area (Å²) in [5.41, 5.74) is 0.349. The van der Waals surface area contributed by atoms with E-state index in [1.807, 2.05) is 0 Å². The van der Waals surface area contributed by atoms with Gasteiger partial charge >= 0.3 is 0 Å². The predicted molar refractivity (Wildman–Crippen MR) is 116 cm³/mol. The fraction of sp³-hybridized carbons (Fsp3) is 0.545. The summed E-state index contributed by atoms with van der Waals surface area (Å²) in [5.74, 6) is -0.931. The van der Waals surface area contributed by atoms with Crippen molar-refractivity contribution < 1.29 is 19.2 Å². The van der Waals surface area contributed by atoms with Crippen LogP contribution >= 0.6 is 23.2 Å². The molecule has 31 heavy (non-hydrogen) atoms. The molecule has 0 radical (unpaired) electrons. The number of imide groups is 1. The second-order valence-corrected chi connectivity index (χ2v) is 9.14. The highest BCUT2D eigenvalue weighted by atomic mass is 35.5. The Kier molecular flexibility index (Phi) is 6.53. The highest BCUT2D eigenvalue weighted by molar-refractivity contribution is 6.43. The first-order chi connectivity index (χ1) is 14.9. The Hall–Kier alpha value is -2.12. The number of halogens is 2. The van der Waals surface area contributed by atoms with Gasteiger partial charge in [-0.25, -0.2) is 0 Å². The quantitative estimate of drug-likeness (QED) is 0.640. The van der Waals surface area contributed by atoms with Crippen LogP contribution in [0.15, 0.2) is 18.2 Å². The second-order valence-electron chi connectivity index (χ2n) is 8.35. The van der Waals surface area contributed by atoms with Crippen molar-refractivity contribution in [2.45, 2.75) is 32.1 Å². The fourth-order valence-electron chi connectivity index (χ4n) is 4.82. The predicted octanol–water partition coefficient (Wildman–Crippen LogP) is 2.84. The van der Waals surface area contributed by atoms with Gasteiger partial charge in [0.15, 0.2) is 0 Å². The molecular formula is C22H25Cl2N3O4. The molecule has 166 valence electrons. The minimum Gasteiger partial charge on any atom is -0.339 e. The molecule has 4 rings (SSSR count). The lowest BCUT2D eigenvalue weighted by atomic mass is 9.81. The maximum Gasteiger partial charge on any atom is 0.255 e. The van der Waals surface area contributed by atoms with Crippen molar-refractivity contribution in [1.82, 2.24) is 14.7 Å². The number of nitrogens with zero attached hydrogens (tertiary/aromatic N) is 3. The zero-order chi connectivity index (χ0) is 22.1. The Bertz CT molecular complexity index is 890. The van der Waals surface area contributed by atoms with Crippen molar-refractivity contribution in [1.29, 1.82) is 0 Å². The van der Waals surface area contributed by atoms with Gasteiger partial charge in [-0.2, -0.15) is 0 Å². The molecule has 3 aliphatic rings. The van der Waals surface area contributed by atoms with Gasteiger partial charge in [-0.3, -0.25) is 24.1 Å². The molecule has 1 saturated carbocycles. The zero-order valence-electron chi connectivity index (χ0n) is 17.2. The van der Waals surface area contributed by atoms with E-state index in [9.17, 15) is 19.2 Å². The lowest BCUT2D eigenvalue weighted by Crippen LogP contribution is -2.51. The fourth-order valence-corrected chi connectivity index (χ4v) is 5.20. The van der Waals surface area contributed by atoms with Crippen LogP contribution in [-0.2, 0) is 14.4 Å². The maximum atomic E-state index is 12.7. The topological polar surface area (TPSA) is 78.0 Å². The van der Waals surface area contributed by atoms with Crippen LogP contribution in [0.5, 0.6) is 0 Å². The number of hydrogen-bond acceptors (Lipinski definition) is 4. The molecular weight excluding hydrogens is 441 g/mol. The third kappa shape index (κ3) is 4.30. The van der Waals surface area contributed by atoms with Crippen molar-refractivity contribution in [3.8, 4) is 0 Å². The summed E-state index contributed by atoms with van der Waals surface area (Å²) in [7, 11) is 0. The minimum atomic E-state index is -0.213. The molecule has 1 aromatic rings. The molecule has 9 heteroatoms. The first-order valence-electron chi connectivity index (χ1n) is 10.7. The lowest BCUT2D eigenvalue weighted by Gasteiger charge is -2.35. The Balaban J connectivity index is 1.29. The molecule has 0 bridgehead atoms. The Morgan fingerprint density at radius 1 is 0.903 bits per heavy atom. The van der Waals surface area contributed by atoms with E-state index in [1.165, 1.54) is 4.90 Å². The van der Waals surface area contributed by atoms with Gasteiger partial charge in [0.25, 0.3) is 5.91 Å². The number of amides is 4. The van der Waals surface area contributed by atoms with Gasteiger partial charge in [0.05, 0.1) is 27.4 Å². The molecule has 7 nitrogen and oxygen atoms in total. The molecule has 0 aromatic heterocycles. The smallest absolute Gasteiger partial charge is 0.255 e. The normalized spacial score (nSPS) is 23.9. The molecule has 2 unspecified atom stereocenters. The summed E-state index contributed by atoms with van der Waals surface area (Å²) in [6.45, 7) is 1.71. The van der Waals surface area contributed by atoms with Gasteiger partial charge in [-0.1, -0.05) is 42.1 Å². The first-order valence-corrected chi connectivity index (χ1v) is 11.5. The number of likely N-dealkylation sites (tertiary alicyclic amines) is 1. The van der Waals surface area contributed by atoms with Gasteiger partial charge in [-0.15, -0.1) is 0 Å². The Morgan fingerprint density at radius 3 is 2.10 bits per heavy atom. The third-order valence-corrected chi connectivity index (χ3v) is 7.40. The lowest BCUT2D eigenvalue weighted by molar-refractivity contribution is -0.141. The summed E-state index contributed by atoms with van der Waals surface area (Å²) in [5, 5.41) is 0.556. The minimum absolute atomic E-state index is 0.108. The van der Waals surface area contributed by atoms with Crippen molar-refractivity contribution >= 4 is 46.8 Å². The van der Waals surface area contributed by atoms with Crippen LogP contribution in [0.3, 0.4) is 0 Å². The van der Waals surface area contributed by atoms with E-state index < -0.39 is 0 Å². The molecule has 2 saturated heterocycles. The molecule has 3 fully saturated rings. The van der Waals surface area contributed by atoms with Crippen molar-refractivity contribution in [3.05, 3.63) is 33.8 Å². The molecule has 0 N–H and O–H groups in total. The van der Waals surface area contributed by atoms with E-state index in [0.29, 0.717) is 36.8 Å². The highest BCUT2D eigenvalue weighted by Gasteiger charge is 2.47. The maximum absolute atomic E-state index is 12.7. The number of carbonyl (C=O) groups is 4. The molecule has 0 spiro atoms. The van der Waals surface area contributed by atoms with Crippen LogP contribution in [0.25, 0.3) is 0 Å².